The molecular formula is C14H17N3O2. The van der Waals surface area contributed by atoms with Gasteiger partial charge in [-0.15, -0.1) is 0 Å². The topological polar surface area (TPSA) is 68.4 Å². The Morgan fingerprint density at radius 1 is 1.42 bits per heavy atom. The molecule has 1 unspecified atom stereocenters. The molecule has 0 spiro atoms. The fraction of sp³-hybridized carbons (Fsp3) is 0.357. The van der Waals surface area contributed by atoms with Crippen LogP contribution in [0.2, 0.25) is 0 Å². The fourth-order valence-corrected chi connectivity index (χ4v) is 2.78. The van der Waals surface area contributed by atoms with E-state index in [0.717, 1.165) is 16.6 Å². The van der Waals surface area contributed by atoms with Gasteiger partial charge in [-0.25, -0.2) is 4.79 Å². The van der Waals surface area contributed by atoms with Crippen molar-refractivity contribution in [3.05, 3.63) is 36.0 Å². The second-order valence-electron chi connectivity index (χ2n) is 5.16. The first-order valence-corrected chi connectivity index (χ1v) is 6.41. The number of fused-ring (bicyclic) bond motifs is 1. The molecule has 100 valence electrons. The Kier molecular flexibility index (Phi) is 2.71. The van der Waals surface area contributed by atoms with Crippen LogP contribution in [0.3, 0.4) is 0 Å². The van der Waals surface area contributed by atoms with E-state index in [1.165, 1.54) is 4.90 Å². The Hall–Kier alpha value is -2.01. The van der Waals surface area contributed by atoms with Crippen LogP contribution < -0.4 is 5.32 Å². The summed E-state index contributed by atoms with van der Waals surface area (Å²) in [6.07, 6.45) is -0.873. The fourth-order valence-electron chi connectivity index (χ4n) is 2.78. The number of piperazine rings is 1. The molecule has 5 heteroatoms. The maximum atomic E-state index is 11.4. The average molecular weight is 259 g/mol. The molecule has 1 aliphatic rings. The van der Waals surface area contributed by atoms with Crippen LogP contribution in [-0.4, -0.2) is 40.7 Å². The summed E-state index contributed by atoms with van der Waals surface area (Å²) in [5.74, 6) is 0. The largest absolute Gasteiger partial charge is 0.465 e. The van der Waals surface area contributed by atoms with Gasteiger partial charge in [-0.1, -0.05) is 18.2 Å². The number of nitrogens with one attached hydrogen (secondary N) is 2. The van der Waals surface area contributed by atoms with E-state index in [0.29, 0.717) is 19.6 Å². The number of rotatable bonds is 1. The van der Waals surface area contributed by atoms with Gasteiger partial charge in [-0.2, -0.15) is 0 Å². The van der Waals surface area contributed by atoms with Crippen LogP contribution in [-0.2, 0) is 5.54 Å². The Bertz CT molecular complexity index is 589. The Morgan fingerprint density at radius 3 is 2.95 bits per heavy atom. The lowest BCUT2D eigenvalue weighted by Crippen LogP contribution is -2.59. The van der Waals surface area contributed by atoms with Gasteiger partial charge in [0.2, 0.25) is 0 Å². The molecule has 2 aromatic rings. The summed E-state index contributed by atoms with van der Waals surface area (Å²) < 4.78 is 0. The van der Waals surface area contributed by atoms with Crippen molar-refractivity contribution in [3.63, 3.8) is 0 Å². The minimum absolute atomic E-state index is 0.501. The molecule has 0 saturated carbocycles. The molecule has 1 fully saturated rings. The number of amides is 1. The summed E-state index contributed by atoms with van der Waals surface area (Å²) in [4.78, 5) is 16.3. The quantitative estimate of drug-likeness (QED) is 0.733. The summed E-state index contributed by atoms with van der Waals surface area (Å²) in [5.41, 5.74) is 1.42. The average Bonchev–Trinajstić information content (AvgIpc) is 2.83. The third-order valence-corrected chi connectivity index (χ3v) is 3.92. The molecule has 5 nitrogen and oxygen atoms in total. The number of benzene rings is 1. The molecule has 1 amide bonds. The van der Waals surface area contributed by atoms with Crippen LogP contribution in [0.5, 0.6) is 0 Å². The summed E-state index contributed by atoms with van der Waals surface area (Å²) in [7, 11) is 0. The first-order chi connectivity index (χ1) is 9.11. The molecule has 3 N–H and O–H groups in total. The Morgan fingerprint density at radius 2 is 2.21 bits per heavy atom. The maximum absolute atomic E-state index is 11.4. The number of H-pyrrole nitrogens is 1. The van der Waals surface area contributed by atoms with Gasteiger partial charge in [-0.05, 0) is 24.4 Å². The zero-order valence-electron chi connectivity index (χ0n) is 10.8. The SMILES string of the molecule is CC1(c2cc3ccccc3[nH]2)CNCCN1C(=O)O. The minimum atomic E-state index is -0.873. The summed E-state index contributed by atoms with van der Waals surface area (Å²) in [5, 5.41) is 13.8. The minimum Gasteiger partial charge on any atom is -0.465 e. The van der Waals surface area contributed by atoms with Crippen LogP contribution in [0.15, 0.2) is 30.3 Å². The molecule has 2 heterocycles. The van der Waals surface area contributed by atoms with Crippen molar-refractivity contribution in [3.8, 4) is 0 Å². The number of para-hydroxylation sites is 1. The van der Waals surface area contributed by atoms with E-state index in [1.54, 1.807) is 0 Å². The van der Waals surface area contributed by atoms with Gasteiger partial charge < -0.3 is 15.4 Å². The van der Waals surface area contributed by atoms with E-state index < -0.39 is 11.6 Å². The molecular weight excluding hydrogens is 242 g/mol. The predicted octanol–water partition coefficient (Wildman–Crippen LogP) is 1.97. The van der Waals surface area contributed by atoms with E-state index in [2.05, 4.69) is 10.3 Å². The summed E-state index contributed by atoms with van der Waals surface area (Å²) in [6, 6.07) is 10.0. The van der Waals surface area contributed by atoms with Gasteiger partial charge in [0, 0.05) is 30.8 Å². The third-order valence-electron chi connectivity index (χ3n) is 3.92. The lowest BCUT2D eigenvalue weighted by molar-refractivity contribution is 0.0632. The molecule has 19 heavy (non-hydrogen) atoms. The van der Waals surface area contributed by atoms with Gasteiger partial charge in [0.05, 0.1) is 5.54 Å². The summed E-state index contributed by atoms with van der Waals surface area (Å²) in [6.45, 7) is 3.77. The molecule has 3 rings (SSSR count). The van der Waals surface area contributed by atoms with E-state index in [1.807, 2.05) is 37.3 Å². The van der Waals surface area contributed by atoms with Gasteiger partial charge in [0.15, 0.2) is 0 Å². The maximum Gasteiger partial charge on any atom is 0.408 e. The van der Waals surface area contributed by atoms with E-state index in [9.17, 15) is 9.90 Å². The molecule has 1 aromatic heterocycles. The number of carboxylic acid groups (broad SMARTS) is 1. The van der Waals surface area contributed by atoms with E-state index in [-0.39, 0.29) is 0 Å². The van der Waals surface area contributed by atoms with Crippen molar-refractivity contribution in [2.24, 2.45) is 0 Å². The molecule has 1 aliphatic heterocycles. The van der Waals surface area contributed by atoms with Crippen molar-refractivity contribution in [2.45, 2.75) is 12.5 Å². The highest BCUT2D eigenvalue weighted by Crippen LogP contribution is 2.31. The van der Waals surface area contributed by atoms with Crippen molar-refractivity contribution in [1.82, 2.24) is 15.2 Å². The highest BCUT2D eigenvalue weighted by atomic mass is 16.4. The van der Waals surface area contributed by atoms with Crippen molar-refractivity contribution in [1.29, 1.82) is 0 Å². The van der Waals surface area contributed by atoms with E-state index >= 15 is 0 Å². The highest BCUT2D eigenvalue weighted by molar-refractivity contribution is 5.81. The van der Waals surface area contributed by atoms with E-state index in [4.69, 9.17) is 0 Å². The Balaban J connectivity index is 2.08. The smallest absolute Gasteiger partial charge is 0.408 e. The van der Waals surface area contributed by atoms with Crippen LogP contribution in [0.25, 0.3) is 10.9 Å². The predicted molar refractivity (Wildman–Crippen MR) is 73.3 cm³/mol. The molecule has 1 aromatic carbocycles. The van der Waals surface area contributed by atoms with Crippen LogP contribution in [0.1, 0.15) is 12.6 Å². The first-order valence-electron chi connectivity index (χ1n) is 6.41. The standard InChI is InChI=1S/C14H17N3O2/c1-14(9-15-6-7-17(14)13(18)19)12-8-10-4-2-3-5-11(10)16-12/h2-5,8,15-16H,6-7,9H2,1H3,(H,18,19). The number of aromatic nitrogens is 1. The lowest BCUT2D eigenvalue weighted by atomic mass is 9.93. The number of nitrogens with zero attached hydrogens (tertiary/aromatic N) is 1. The third kappa shape index (κ3) is 1.86. The molecule has 0 radical (unpaired) electrons. The number of aromatic amines is 1. The van der Waals surface area contributed by atoms with Gasteiger partial charge in [-0.3, -0.25) is 4.90 Å². The molecule has 1 saturated heterocycles. The summed E-state index contributed by atoms with van der Waals surface area (Å²) >= 11 is 0. The van der Waals surface area contributed by atoms with Crippen LogP contribution in [0, 0.1) is 0 Å². The number of carbonyl (C=O) groups is 1. The molecule has 0 bridgehead atoms. The first kappa shape index (κ1) is 12.0. The second-order valence-corrected chi connectivity index (χ2v) is 5.16. The van der Waals surface area contributed by atoms with Crippen molar-refractivity contribution in [2.75, 3.05) is 19.6 Å². The zero-order chi connectivity index (χ0) is 13.5. The van der Waals surface area contributed by atoms with Crippen molar-refractivity contribution < 1.29 is 9.90 Å². The van der Waals surface area contributed by atoms with Gasteiger partial charge in [0.1, 0.15) is 0 Å². The lowest BCUT2D eigenvalue weighted by Gasteiger charge is -2.42. The van der Waals surface area contributed by atoms with Gasteiger partial charge >= 0.3 is 6.09 Å². The highest BCUT2D eigenvalue weighted by Gasteiger charge is 2.40. The normalized spacial score (nSPS) is 23.7. The van der Waals surface area contributed by atoms with Crippen LogP contribution >= 0.6 is 0 Å². The second kappa shape index (κ2) is 4.28. The van der Waals surface area contributed by atoms with Crippen LogP contribution in [0.4, 0.5) is 4.79 Å². The number of hydrogen-bond donors (Lipinski definition) is 3. The molecule has 1 atom stereocenters. The monoisotopic (exact) mass is 259 g/mol. The van der Waals surface area contributed by atoms with Crippen molar-refractivity contribution >= 4 is 17.0 Å². The number of hydrogen-bond acceptors (Lipinski definition) is 2. The Labute approximate surface area is 111 Å². The molecule has 0 aliphatic carbocycles. The zero-order valence-corrected chi connectivity index (χ0v) is 10.8. The van der Waals surface area contributed by atoms with Gasteiger partial charge in [0.25, 0.3) is 0 Å².